The molecule has 4 fully saturated rings. The highest BCUT2D eigenvalue weighted by Crippen LogP contribution is 2.68. The molecule has 0 aromatic carbocycles. The zero-order valence-corrected chi connectivity index (χ0v) is 22.3. The lowest BCUT2D eigenvalue weighted by molar-refractivity contribution is -0.193. The third-order valence-corrected chi connectivity index (χ3v) is 11.6. The van der Waals surface area contributed by atoms with Gasteiger partial charge < -0.3 is 15.4 Å². The molecule has 2 N–H and O–H groups in total. The molecule has 4 aliphatic rings. The number of rotatable bonds is 8. The van der Waals surface area contributed by atoms with Crippen molar-refractivity contribution in [2.24, 2.45) is 52.1 Å². The first-order valence-electron chi connectivity index (χ1n) is 14.3. The van der Waals surface area contributed by atoms with Crippen molar-refractivity contribution in [2.45, 2.75) is 104 Å². The molecule has 0 saturated heterocycles. The minimum Gasteiger partial charge on any atom is -0.461 e. The van der Waals surface area contributed by atoms with Crippen LogP contribution >= 0.6 is 0 Å². The van der Waals surface area contributed by atoms with Gasteiger partial charge in [0.05, 0.1) is 6.54 Å². The zero-order chi connectivity index (χ0) is 23.8. The van der Waals surface area contributed by atoms with Crippen LogP contribution in [0, 0.1) is 46.3 Å². The van der Waals surface area contributed by atoms with Crippen molar-refractivity contribution in [3.63, 3.8) is 0 Å². The normalized spacial score (nSPS) is 43.5. The van der Waals surface area contributed by atoms with Crippen LogP contribution in [0.2, 0.25) is 0 Å². The van der Waals surface area contributed by atoms with Crippen LogP contribution in [0.3, 0.4) is 0 Å². The average molecular weight is 461 g/mol. The third kappa shape index (κ3) is 4.53. The molecule has 0 spiro atoms. The minimum absolute atomic E-state index is 0.00874. The first kappa shape index (κ1) is 25.5. The van der Waals surface area contributed by atoms with E-state index in [1.165, 1.54) is 70.8 Å². The SMILES string of the molecule is CCN(C)CCC[C@@H](C)[C@H]1CCC2C3CCC4CCCC[C@]4(C)[C@H]3C[C@H](OC(=O)CN)[C@@]21C. The van der Waals surface area contributed by atoms with Crippen molar-refractivity contribution < 1.29 is 9.53 Å². The van der Waals surface area contributed by atoms with E-state index in [4.69, 9.17) is 10.5 Å². The Hall–Kier alpha value is -0.610. The van der Waals surface area contributed by atoms with Gasteiger partial charge in [-0.05, 0) is 119 Å². The van der Waals surface area contributed by atoms with Gasteiger partial charge in [-0.2, -0.15) is 0 Å². The van der Waals surface area contributed by atoms with E-state index in [9.17, 15) is 4.79 Å². The Kier molecular flexibility index (Phi) is 7.85. The highest BCUT2D eigenvalue weighted by Gasteiger charge is 2.64. The zero-order valence-electron chi connectivity index (χ0n) is 22.3. The van der Waals surface area contributed by atoms with E-state index in [0.717, 1.165) is 30.7 Å². The number of ether oxygens (including phenoxy) is 1. The average Bonchev–Trinajstić information content (AvgIpc) is 3.17. The molecule has 4 heteroatoms. The summed E-state index contributed by atoms with van der Waals surface area (Å²) in [6, 6.07) is 0. The van der Waals surface area contributed by atoms with Crippen LogP contribution in [0.5, 0.6) is 0 Å². The van der Waals surface area contributed by atoms with Gasteiger partial charge in [-0.3, -0.25) is 4.79 Å². The molecule has 0 aromatic heterocycles. The fraction of sp³-hybridized carbons (Fsp3) is 0.966. The summed E-state index contributed by atoms with van der Waals surface area (Å²) < 4.78 is 6.30. The summed E-state index contributed by atoms with van der Waals surface area (Å²) >= 11 is 0. The number of nitrogens with two attached hydrogens (primary N) is 1. The number of carbonyl (C=O) groups is 1. The Morgan fingerprint density at radius 3 is 2.64 bits per heavy atom. The van der Waals surface area contributed by atoms with E-state index in [0.29, 0.717) is 23.2 Å². The first-order valence-corrected chi connectivity index (χ1v) is 14.3. The van der Waals surface area contributed by atoms with Crippen LogP contribution in [-0.4, -0.2) is 43.7 Å². The molecule has 0 aliphatic heterocycles. The molecule has 3 unspecified atom stereocenters. The summed E-state index contributed by atoms with van der Waals surface area (Å²) in [6.45, 7) is 12.2. The second-order valence-electron chi connectivity index (χ2n) is 12.9. The van der Waals surface area contributed by atoms with Gasteiger partial charge in [-0.1, -0.05) is 40.5 Å². The largest absolute Gasteiger partial charge is 0.461 e. The lowest BCUT2D eigenvalue weighted by Gasteiger charge is -2.62. The second-order valence-corrected chi connectivity index (χ2v) is 12.9. The van der Waals surface area contributed by atoms with E-state index in [-0.39, 0.29) is 24.0 Å². The number of carbonyl (C=O) groups excluding carboxylic acids is 1. The third-order valence-electron chi connectivity index (χ3n) is 11.6. The van der Waals surface area contributed by atoms with Gasteiger partial charge in [0.2, 0.25) is 0 Å². The summed E-state index contributed by atoms with van der Waals surface area (Å²) in [6.07, 6.45) is 14.8. The smallest absolute Gasteiger partial charge is 0.319 e. The highest BCUT2D eigenvalue weighted by atomic mass is 16.5. The predicted molar refractivity (Wildman–Crippen MR) is 136 cm³/mol. The molecular formula is C29H52N2O2. The van der Waals surface area contributed by atoms with Crippen LogP contribution in [0.4, 0.5) is 0 Å². The van der Waals surface area contributed by atoms with Gasteiger partial charge in [0.25, 0.3) is 0 Å². The number of fused-ring (bicyclic) bond motifs is 5. The number of esters is 1. The molecule has 4 rings (SSSR count). The molecule has 4 aliphatic carbocycles. The standard InChI is InChI=1S/C29H52N2O2/c1-6-31(5)17-9-10-20(2)23-14-15-24-22-13-12-21-11-7-8-16-28(21,3)25(22)18-26(29(23,24)4)33-27(32)19-30/h20-26H,6-19,30H2,1-5H3/t20-,21?,22?,23-,24?,25+,26+,28+,29-/m1/s1. The van der Waals surface area contributed by atoms with E-state index in [2.05, 4.69) is 39.6 Å². The molecule has 0 heterocycles. The van der Waals surface area contributed by atoms with Gasteiger partial charge in [0.1, 0.15) is 6.10 Å². The maximum atomic E-state index is 12.5. The number of nitrogens with zero attached hydrogens (tertiary/aromatic N) is 1. The molecule has 0 aromatic rings. The maximum absolute atomic E-state index is 12.5. The Bertz CT molecular complexity index is 683. The summed E-state index contributed by atoms with van der Waals surface area (Å²) in [5.74, 6) is 4.28. The fourth-order valence-electron chi connectivity index (χ4n) is 9.62. The van der Waals surface area contributed by atoms with Crippen LogP contribution in [0.25, 0.3) is 0 Å². The number of hydrogen-bond donors (Lipinski definition) is 1. The summed E-state index contributed by atoms with van der Waals surface area (Å²) in [5.41, 5.74) is 6.32. The molecule has 190 valence electrons. The van der Waals surface area contributed by atoms with Gasteiger partial charge in [-0.25, -0.2) is 0 Å². The quantitative estimate of drug-likeness (QED) is 0.459. The predicted octanol–water partition coefficient (Wildman–Crippen LogP) is 5.88. The molecule has 0 bridgehead atoms. The lowest BCUT2D eigenvalue weighted by Crippen LogP contribution is -2.59. The van der Waals surface area contributed by atoms with E-state index < -0.39 is 0 Å². The van der Waals surface area contributed by atoms with Crippen molar-refractivity contribution >= 4 is 5.97 Å². The molecule has 33 heavy (non-hydrogen) atoms. The van der Waals surface area contributed by atoms with E-state index in [1.807, 2.05) is 0 Å². The van der Waals surface area contributed by atoms with Crippen molar-refractivity contribution in [1.29, 1.82) is 0 Å². The first-order chi connectivity index (χ1) is 15.8. The maximum Gasteiger partial charge on any atom is 0.319 e. The van der Waals surface area contributed by atoms with Crippen LogP contribution < -0.4 is 5.73 Å². The molecular weight excluding hydrogens is 408 g/mol. The molecule has 4 nitrogen and oxygen atoms in total. The van der Waals surface area contributed by atoms with Crippen molar-refractivity contribution in [1.82, 2.24) is 4.90 Å². The van der Waals surface area contributed by atoms with Crippen LogP contribution in [-0.2, 0) is 9.53 Å². The fourth-order valence-corrected chi connectivity index (χ4v) is 9.62. The van der Waals surface area contributed by atoms with Crippen molar-refractivity contribution in [3.8, 4) is 0 Å². The molecule has 9 atom stereocenters. The van der Waals surface area contributed by atoms with Crippen molar-refractivity contribution in [2.75, 3.05) is 26.7 Å². The minimum atomic E-state index is -0.192. The van der Waals surface area contributed by atoms with E-state index >= 15 is 0 Å². The number of hydrogen-bond acceptors (Lipinski definition) is 4. The molecule has 0 radical (unpaired) electrons. The topological polar surface area (TPSA) is 55.6 Å². The van der Waals surface area contributed by atoms with E-state index in [1.54, 1.807) is 0 Å². The lowest BCUT2D eigenvalue weighted by atomic mass is 9.44. The monoisotopic (exact) mass is 460 g/mol. The highest BCUT2D eigenvalue weighted by molar-refractivity contribution is 5.71. The summed E-state index contributed by atoms with van der Waals surface area (Å²) in [7, 11) is 2.23. The van der Waals surface area contributed by atoms with Crippen molar-refractivity contribution in [3.05, 3.63) is 0 Å². The summed E-state index contributed by atoms with van der Waals surface area (Å²) in [5, 5.41) is 0. The van der Waals surface area contributed by atoms with Gasteiger partial charge in [-0.15, -0.1) is 0 Å². The van der Waals surface area contributed by atoms with Gasteiger partial charge in [0.15, 0.2) is 0 Å². The Morgan fingerprint density at radius 2 is 1.91 bits per heavy atom. The Balaban J connectivity index is 1.58. The Labute approximate surface area is 203 Å². The van der Waals surface area contributed by atoms with Crippen LogP contribution in [0.1, 0.15) is 98.3 Å². The molecule has 0 amide bonds. The second kappa shape index (κ2) is 10.2. The van der Waals surface area contributed by atoms with Gasteiger partial charge in [0, 0.05) is 5.41 Å². The Morgan fingerprint density at radius 1 is 1.12 bits per heavy atom. The van der Waals surface area contributed by atoms with Crippen LogP contribution in [0.15, 0.2) is 0 Å². The summed E-state index contributed by atoms with van der Waals surface area (Å²) in [4.78, 5) is 15.0. The molecule has 4 saturated carbocycles. The van der Waals surface area contributed by atoms with Gasteiger partial charge >= 0.3 is 5.97 Å².